The maximum absolute atomic E-state index is 13.3. The molecule has 2 heterocycles. The number of carbonyl (C=O) groups excluding carboxylic acids is 1. The third-order valence-electron chi connectivity index (χ3n) is 7.10. The molecule has 2 aliphatic rings. The quantitative estimate of drug-likeness (QED) is 0.222. The average Bonchev–Trinajstić information content (AvgIpc) is 3.31. The molecule has 1 amide bonds. The Morgan fingerprint density at radius 2 is 1.76 bits per heavy atom. The summed E-state index contributed by atoms with van der Waals surface area (Å²) in [6.07, 6.45) is 6.12. The SMILES string of the molecule is O=C(Cc1cccc(Oc2ccccc2)c1)N[C@H](CN1CCCC1)[C@H](I)c1ccc2c(c1)OCCCC2. The van der Waals surface area contributed by atoms with Gasteiger partial charge >= 0.3 is 0 Å². The van der Waals surface area contributed by atoms with E-state index in [0.29, 0.717) is 6.42 Å². The number of hydrogen-bond acceptors (Lipinski definition) is 4. The lowest BCUT2D eigenvalue weighted by Crippen LogP contribution is -2.45. The molecule has 5 rings (SSSR count). The van der Waals surface area contributed by atoms with Crippen LogP contribution in [0.15, 0.2) is 72.8 Å². The van der Waals surface area contributed by atoms with Crippen molar-refractivity contribution in [1.82, 2.24) is 10.2 Å². The van der Waals surface area contributed by atoms with Crippen LogP contribution in [0.2, 0.25) is 0 Å². The molecule has 2 aliphatic heterocycles. The molecule has 0 spiro atoms. The first kappa shape index (κ1) is 26.0. The summed E-state index contributed by atoms with van der Waals surface area (Å²) >= 11 is 2.51. The molecular weight excluding hydrogens is 575 g/mol. The zero-order valence-corrected chi connectivity index (χ0v) is 23.4. The van der Waals surface area contributed by atoms with Crippen LogP contribution in [0.25, 0.3) is 0 Å². The van der Waals surface area contributed by atoms with Crippen molar-refractivity contribution in [1.29, 1.82) is 0 Å². The summed E-state index contributed by atoms with van der Waals surface area (Å²) in [5.41, 5.74) is 3.45. The second kappa shape index (κ2) is 12.8. The lowest BCUT2D eigenvalue weighted by Gasteiger charge is -2.29. The van der Waals surface area contributed by atoms with Gasteiger partial charge in [0.05, 0.1) is 23.0 Å². The number of alkyl halides is 1. The Bertz CT molecular complexity index is 1180. The Labute approximate surface area is 233 Å². The molecule has 2 atom stereocenters. The van der Waals surface area contributed by atoms with Crippen LogP contribution in [0, 0.1) is 0 Å². The first-order chi connectivity index (χ1) is 18.1. The van der Waals surface area contributed by atoms with Crippen LogP contribution in [-0.2, 0) is 17.6 Å². The summed E-state index contributed by atoms with van der Waals surface area (Å²) in [5.74, 6) is 2.57. The number of para-hydroxylation sites is 1. The molecule has 0 bridgehead atoms. The van der Waals surface area contributed by atoms with E-state index in [0.717, 1.165) is 61.9 Å². The number of nitrogens with one attached hydrogen (secondary N) is 1. The van der Waals surface area contributed by atoms with Crippen LogP contribution in [-0.4, -0.2) is 43.1 Å². The number of amides is 1. The van der Waals surface area contributed by atoms with Gasteiger partial charge in [-0.1, -0.05) is 65.1 Å². The third kappa shape index (κ3) is 7.26. The zero-order valence-electron chi connectivity index (χ0n) is 21.2. The van der Waals surface area contributed by atoms with Gasteiger partial charge in [0.25, 0.3) is 0 Å². The molecule has 6 heteroatoms. The van der Waals surface area contributed by atoms with Crippen molar-refractivity contribution in [2.45, 2.75) is 48.5 Å². The Morgan fingerprint density at radius 3 is 2.59 bits per heavy atom. The van der Waals surface area contributed by atoms with Crippen molar-refractivity contribution in [2.75, 3.05) is 26.2 Å². The van der Waals surface area contributed by atoms with E-state index in [9.17, 15) is 4.79 Å². The smallest absolute Gasteiger partial charge is 0.224 e. The maximum atomic E-state index is 13.3. The van der Waals surface area contributed by atoms with Crippen molar-refractivity contribution in [3.63, 3.8) is 0 Å². The van der Waals surface area contributed by atoms with Gasteiger partial charge in [-0.25, -0.2) is 0 Å². The first-order valence-corrected chi connectivity index (χ1v) is 14.6. The van der Waals surface area contributed by atoms with Crippen LogP contribution in [0.3, 0.4) is 0 Å². The van der Waals surface area contributed by atoms with E-state index in [1.165, 1.54) is 30.4 Å². The minimum Gasteiger partial charge on any atom is -0.493 e. The lowest BCUT2D eigenvalue weighted by atomic mass is 10.0. The van der Waals surface area contributed by atoms with Gasteiger partial charge in [0, 0.05) is 6.54 Å². The second-order valence-corrected chi connectivity index (χ2v) is 11.3. The van der Waals surface area contributed by atoms with Crippen molar-refractivity contribution < 1.29 is 14.3 Å². The van der Waals surface area contributed by atoms with E-state index in [-0.39, 0.29) is 15.9 Å². The molecule has 1 fully saturated rings. The average molecular weight is 611 g/mol. The molecule has 3 aromatic rings. The fraction of sp³-hybridized carbons (Fsp3) is 0.387. The summed E-state index contributed by atoms with van der Waals surface area (Å²) in [6.45, 7) is 3.83. The van der Waals surface area contributed by atoms with Gasteiger partial charge in [0.15, 0.2) is 0 Å². The minimum atomic E-state index is 0.0128. The van der Waals surface area contributed by atoms with Crippen LogP contribution in [0.1, 0.15) is 46.3 Å². The molecule has 0 aliphatic carbocycles. The lowest BCUT2D eigenvalue weighted by molar-refractivity contribution is -0.121. The van der Waals surface area contributed by atoms with Gasteiger partial charge in [0.2, 0.25) is 5.91 Å². The largest absolute Gasteiger partial charge is 0.493 e. The van der Waals surface area contributed by atoms with Crippen molar-refractivity contribution in [3.05, 3.63) is 89.5 Å². The normalized spacial score (nSPS) is 17.2. The maximum Gasteiger partial charge on any atom is 0.224 e. The highest BCUT2D eigenvalue weighted by molar-refractivity contribution is 14.1. The molecule has 0 saturated carbocycles. The number of hydrogen-bond donors (Lipinski definition) is 1. The summed E-state index contributed by atoms with van der Waals surface area (Å²) in [5, 5.41) is 3.38. The molecule has 3 aromatic carbocycles. The summed E-state index contributed by atoms with van der Waals surface area (Å²) in [6, 6.07) is 24.2. The Morgan fingerprint density at radius 1 is 0.946 bits per heavy atom. The van der Waals surface area contributed by atoms with Crippen LogP contribution < -0.4 is 14.8 Å². The number of ether oxygens (including phenoxy) is 2. The van der Waals surface area contributed by atoms with E-state index >= 15 is 0 Å². The van der Waals surface area contributed by atoms with Crippen molar-refractivity contribution in [2.24, 2.45) is 0 Å². The third-order valence-corrected chi connectivity index (χ3v) is 8.69. The summed E-state index contributed by atoms with van der Waals surface area (Å²) in [7, 11) is 0. The molecule has 0 aromatic heterocycles. The van der Waals surface area contributed by atoms with Gasteiger partial charge < -0.3 is 19.7 Å². The van der Waals surface area contributed by atoms with Gasteiger partial charge in [-0.05, 0) is 92.2 Å². The fourth-order valence-corrected chi connectivity index (χ4v) is 5.95. The number of benzene rings is 3. The van der Waals surface area contributed by atoms with Gasteiger partial charge in [-0.15, -0.1) is 0 Å². The minimum absolute atomic E-state index is 0.0128. The first-order valence-electron chi connectivity index (χ1n) is 13.4. The van der Waals surface area contributed by atoms with E-state index < -0.39 is 0 Å². The Kier molecular flexibility index (Phi) is 9.00. The molecular formula is C31H35IN2O3. The number of halogens is 1. The Balaban J connectivity index is 1.28. The summed E-state index contributed by atoms with van der Waals surface area (Å²) in [4.78, 5) is 15.8. The predicted octanol–water partition coefficient (Wildman–Crippen LogP) is 6.49. The zero-order chi connectivity index (χ0) is 25.5. The van der Waals surface area contributed by atoms with E-state index in [1.807, 2.05) is 54.6 Å². The second-order valence-electron chi connectivity index (χ2n) is 10.00. The highest BCUT2D eigenvalue weighted by atomic mass is 127. The summed E-state index contributed by atoms with van der Waals surface area (Å²) < 4.78 is 12.2. The molecule has 1 saturated heterocycles. The van der Waals surface area contributed by atoms with Gasteiger partial charge in [0.1, 0.15) is 17.2 Å². The van der Waals surface area contributed by atoms with Crippen LogP contribution in [0.5, 0.6) is 17.2 Å². The predicted molar refractivity (Wildman–Crippen MR) is 156 cm³/mol. The molecule has 5 nitrogen and oxygen atoms in total. The topological polar surface area (TPSA) is 50.8 Å². The number of nitrogens with zero attached hydrogens (tertiary/aromatic N) is 1. The molecule has 1 N–H and O–H groups in total. The van der Waals surface area contributed by atoms with Crippen molar-refractivity contribution >= 4 is 28.5 Å². The van der Waals surface area contributed by atoms with Gasteiger partial charge in [-0.2, -0.15) is 0 Å². The number of fused-ring (bicyclic) bond motifs is 1. The number of aryl methyl sites for hydroxylation is 1. The number of likely N-dealkylation sites (tertiary alicyclic amines) is 1. The molecule has 37 heavy (non-hydrogen) atoms. The highest BCUT2D eigenvalue weighted by Gasteiger charge is 2.27. The van der Waals surface area contributed by atoms with E-state index in [1.54, 1.807) is 0 Å². The Hall–Kier alpha value is -2.58. The van der Waals surface area contributed by atoms with E-state index in [4.69, 9.17) is 9.47 Å². The standard InChI is InChI=1S/C31H35IN2O3/c32-31(25-15-14-24-10-4-7-18-36-29(24)21-25)28(22-34-16-5-6-17-34)33-30(35)20-23-9-8-13-27(19-23)37-26-11-2-1-3-12-26/h1-3,8-9,11-15,19,21,28,31H,4-7,10,16-18,20,22H2,(H,33,35)/t28-,31-/m1/s1. The van der Waals surface area contributed by atoms with E-state index in [2.05, 4.69) is 51.0 Å². The van der Waals surface area contributed by atoms with Crippen molar-refractivity contribution in [3.8, 4) is 17.2 Å². The molecule has 194 valence electrons. The fourth-order valence-electron chi connectivity index (χ4n) is 5.16. The number of carbonyl (C=O) groups is 1. The van der Waals surface area contributed by atoms with Gasteiger partial charge in [-0.3, -0.25) is 4.79 Å². The number of rotatable bonds is 9. The highest BCUT2D eigenvalue weighted by Crippen LogP contribution is 2.34. The monoisotopic (exact) mass is 610 g/mol. The molecule has 0 radical (unpaired) electrons. The molecule has 0 unspecified atom stereocenters. The van der Waals surface area contributed by atoms with Crippen LogP contribution in [0.4, 0.5) is 0 Å². The van der Waals surface area contributed by atoms with Crippen LogP contribution >= 0.6 is 22.6 Å².